The first-order valence-electron chi connectivity index (χ1n) is 10.6. The van der Waals surface area contributed by atoms with Gasteiger partial charge in [0.25, 0.3) is 0 Å². The molecule has 1 aromatic carbocycles. The zero-order chi connectivity index (χ0) is 18.8. The van der Waals surface area contributed by atoms with Crippen LogP contribution in [-0.4, -0.2) is 42.3 Å². The highest BCUT2D eigenvalue weighted by Crippen LogP contribution is 2.70. The Kier molecular flexibility index (Phi) is 3.97. The van der Waals surface area contributed by atoms with Gasteiger partial charge in [-0.05, 0) is 37.8 Å². The highest BCUT2D eigenvalue weighted by Gasteiger charge is 2.78. The van der Waals surface area contributed by atoms with Crippen LogP contribution in [0.3, 0.4) is 0 Å². The molecule has 0 bridgehead atoms. The number of carbonyl (C=O) groups is 1. The molecule has 4 nitrogen and oxygen atoms in total. The molecule has 2 aliphatic carbocycles. The third-order valence-electron chi connectivity index (χ3n) is 8.00. The number of carbonyl (C=O) groups excluding carboxylic acids is 1. The van der Waals surface area contributed by atoms with Gasteiger partial charge in [-0.25, -0.2) is 0 Å². The van der Waals surface area contributed by atoms with Crippen LogP contribution in [-0.2, 0) is 20.8 Å². The van der Waals surface area contributed by atoms with Crippen molar-refractivity contribution in [3.05, 3.63) is 35.9 Å². The van der Waals surface area contributed by atoms with E-state index in [-0.39, 0.29) is 41.0 Å². The maximum Gasteiger partial charge on any atom is 0.311 e. The van der Waals surface area contributed by atoms with Crippen molar-refractivity contribution in [3.63, 3.8) is 0 Å². The van der Waals surface area contributed by atoms with E-state index in [1.54, 1.807) is 0 Å². The molecule has 27 heavy (non-hydrogen) atoms. The third-order valence-corrected chi connectivity index (χ3v) is 8.00. The lowest BCUT2D eigenvalue weighted by Crippen LogP contribution is -2.54. The number of esters is 1. The van der Waals surface area contributed by atoms with Gasteiger partial charge in [0, 0.05) is 24.4 Å². The van der Waals surface area contributed by atoms with E-state index in [2.05, 4.69) is 50.1 Å². The Morgan fingerprint density at radius 3 is 2.81 bits per heavy atom. The van der Waals surface area contributed by atoms with Crippen molar-refractivity contribution in [1.29, 1.82) is 0 Å². The molecular weight excluding hydrogens is 338 g/mol. The van der Waals surface area contributed by atoms with Crippen LogP contribution in [0, 0.1) is 23.2 Å². The summed E-state index contributed by atoms with van der Waals surface area (Å²) in [7, 11) is 2.10. The van der Waals surface area contributed by atoms with Gasteiger partial charge in [-0.2, -0.15) is 0 Å². The molecule has 146 valence electrons. The van der Waals surface area contributed by atoms with Gasteiger partial charge in [-0.1, -0.05) is 50.6 Å². The summed E-state index contributed by atoms with van der Waals surface area (Å²) in [5.74, 6) is 0.738. The van der Waals surface area contributed by atoms with Gasteiger partial charge < -0.3 is 14.4 Å². The van der Waals surface area contributed by atoms with Crippen molar-refractivity contribution in [1.82, 2.24) is 4.90 Å². The number of rotatable bonds is 4. The fourth-order valence-electron chi connectivity index (χ4n) is 6.74. The maximum absolute atomic E-state index is 12.8. The fourth-order valence-corrected chi connectivity index (χ4v) is 6.74. The molecule has 2 saturated heterocycles. The molecule has 4 aliphatic rings. The fraction of sp³-hybridized carbons (Fsp3) is 0.696. The topological polar surface area (TPSA) is 42.1 Å². The predicted molar refractivity (Wildman–Crippen MR) is 103 cm³/mol. The summed E-state index contributed by atoms with van der Waals surface area (Å²) < 4.78 is 12.5. The van der Waals surface area contributed by atoms with Crippen molar-refractivity contribution >= 4 is 5.97 Å². The minimum absolute atomic E-state index is 0.00333. The Morgan fingerprint density at radius 1 is 1.26 bits per heavy atom. The van der Waals surface area contributed by atoms with Crippen LogP contribution in [0.4, 0.5) is 0 Å². The van der Waals surface area contributed by atoms with Gasteiger partial charge in [0.2, 0.25) is 0 Å². The van der Waals surface area contributed by atoms with Crippen molar-refractivity contribution < 1.29 is 14.3 Å². The highest BCUT2D eigenvalue weighted by molar-refractivity contribution is 5.76. The van der Waals surface area contributed by atoms with Crippen LogP contribution in [0.15, 0.2) is 30.3 Å². The number of ether oxygens (including phenoxy) is 2. The molecule has 0 N–H and O–H groups in total. The molecule has 5 rings (SSSR count). The summed E-state index contributed by atoms with van der Waals surface area (Å²) in [5.41, 5.74) is 1.44. The van der Waals surface area contributed by atoms with Crippen LogP contribution >= 0.6 is 0 Å². The Balaban J connectivity index is 1.35. The lowest BCUT2D eigenvalue weighted by atomic mass is 9.53. The summed E-state index contributed by atoms with van der Waals surface area (Å²) in [4.78, 5) is 15.0. The standard InChI is InChI=1S/C23H31NO3/c1-15-8-7-11-22(2)12-18-19(20-23(15,22)27-20)17(21(25)26-18)14-24(3)13-16-9-5-4-6-10-16/h4-6,9-10,15,17-20H,7-8,11-14H2,1-3H3. The van der Waals surface area contributed by atoms with Gasteiger partial charge in [0.1, 0.15) is 11.7 Å². The smallest absolute Gasteiger partial charge is 0.311 e. The second-order valence-electron chi connectivity index (χ2n) is 9.73. The van der Waals surface area contributed by atoms with E-state index in [0.717, 1.165) is 19.5 Å². The summed E-state index contributed by atoms with van der Waals surface area (Å²) in [6, 6.07) is 10.5. The first kappa shape index (κ1) is 17.7. The number of hydrogen-bond acceptors (Lipinski definition) is 4. The van der Waals surface area contributed by atoms with Crippen LogP contribution in [0.25, 0.3) is 0 Å². The Labute approximate surface area is 162 Å². The molecule has 0 radical (unpaired) electrons. The van der Waals surface area contributed by atoms with Gasteiger partial charge in [-0.15, -0.1) is 0 Å². The lowest BCUT2D eigenvalue weighted by molar-refractivity contribution is -0.146. The highest BCUT2D eigenvalue weighted by atomic mass is 16.6. The number of benzene rings is 1. The number of nitrogens with zero attached hydrogens (tertiary/aromatic N) is 1. The Morgan fingerprint density at radius 2 is 2.04 bits per heavy atom. The van der Waals surface area contributed by atoms with E-state index in [1.807, 2.05) is 6.07 Å². The van der Waals surface area contributed by atoms with Gasteiger partial charge in [0.05, 0.1) is 12.0 Å². The quantitative estimate of drug-likeness (QED) is 0.600. The average molecular weight is 370 g/mol. The van der Waals surface area contributed by atoms with E-state index >= 15 is 0 Å². The molecule has 0 aromatic heterocycles. The van der Waals surface area contributed by atoms with E-state index in [0.29, 0.717) is 5.92 Å². The molecule has 0 amide bonds. The number of hydrogen-bond donors (Lipinski definition) is 0. The molecule has 2 aliphatic heterocycles. The minimum atomic E-state index is -0.0632. The van der Waals surface area contributed by atoms with Crippen molar-refractivity contribution in [2.45, 2.75) is 63.9 Å². The Hall–Kier alpha value is -1.39. The van der Waals surface area contributed by atoms with Gasteiger partial charge >= 0.3 is 5.97 Å². The van der Waals surface area contributed by atoms with Crippen LogP contribution in [0.2, 0.25) is 0 Å². The van der Waals surface area contributed by atoms with Crippen molar-refractivity contribution in [3.8, 4) is 0 Å². The predicted octanol–water partition coefficient (Wildman–Crippen LogP) is 3.64. The van der Waals surface area contributed by atoms with E-state index in [4.69, 9.17) is 9.47 Å². The van der Waals surface area contributed by atoms with E-state index in [9.17, 15) is 4.79 Å². The second-order valence-corrected chi connectivity index (χ2v) is 9.73. The largest absolute Gasteiger partial charge is 0.462 e. The molecule has 7 atom stereocenters. The van der Waals surface area contributed by atoms with Gasteiger partial charge in [-0.3, -0.25) is 4.79 Å². The normalized spacial score (nSPS) is 45.0. The zero-order valence-corrected chi connectivity index (χ0v) is 16.7. The molecule has 2 heterocycles. The zero-order valence-electron chi connectivity index (χ0n) is 16.7. The van der Waals surface area contributed by atoms with Crippen LogP contribution in [0.5, 0.6) is 0 Å². The summed E-state index contributed by atoms with van der Waals surface area (Å²) in [5, 5.41) is 0. The summed E-state index contributed by atoms with van der Waals surface area (Å²) >= 11 is 0. The molecular formula is C23H31NO3. The first-order chi connectivity index (χ1) is 12.9. The van der Waals surface area contributed by atoms with Crippen LogP contribution in [0.1, 0.15) is 45.1 Å². The SMILES string of the molecule is CC1CCCC2(C)CC3OC(=O)C(CN(C)Cc4ccccc4)C3C3OC132. The molecule has 4 fully saturated rings. The summed E-state index contributed by atoms with van der Waals surface area (Å²) in [6.45, 7) is 6.33. The minimum Gasteiger partial charge on any atom is -0.462 e. The lowest BCUT2D eigenvalue weighted by Gasteiger charge is -2.49. The molecule has 2 saturated carbocycles. The van der Waals surface area contributed by atoms with Crippen LogP contribution < -0.4 is 0 Å². The molecule has 4 heteroatoms. The third kappa shape index (κ3) is 2.52. The molecule has 1 aromatic rings. The first-order valence-corrected chi connectivity index (χ1v) is 10.6. The average Bonchev–Trinajstić information content (AvgIpc) is 3.31. The van der Waals surface area contributed by atoms with E-state index in [1.165, 1.54) is 24.8 Å². The number of epoxide rings is 1. The maximum atomic E-state index is 12.8. The number of fused-ring (bicyclic) bond motifs is 2. The van der Waals surface area contributed by atoms with Crippen molar-refractivity contribution in [2.24, 2.45) is 23.2 Å². The molecule has 7 unspecified atom stereocenters. The molecule has 1 spiro atoms. The monoisotopic (exact) mass is 369 g/mol. The van der Waals surface area contributed by atoms with E-state index < -0.39 is 0 Å². The van der Waals surface area contributed by atoms with Crippen molar-refractivity contribution in [2.75, 3.05) is 13.6 Å². The summed E-state index contributed by atoms with van der Waals surface area (Å²) in [6.07, 6.45) is 4.94. The van der Waals surface area contributed by atoms with Gasteiger partial charge in [0.15, 0.2) is 0 Å². The Bertz CT molecular complexity index is 736. The second kappa shape index (κ2) is 6.05.